The molecule has 0 aliphatic rings. The van der Waals surface area contributed by atoms with Crippen molar-refractivity contribution in [1.82, 2.24) is 15.6 Å². The highest BCUT2D eigenvalue weighted by Crippen LogP contribution is 2.18. The second-order valence-corrected chi connectivity index (χ2v) is 6.68. The minimum atomic E-state index is 0. The minimum Gasteiger partial charge on any atom is -0.444 e. The highest BCUT2D eigenvalue weighted by atomic mass is 127. The largest absolute Gasteiger partial charge is 0.444 e. The molecule has 1 aromatic carbocycles. The molecule has 0 spiro atoms. The van der Waals surface area contributed by atoms with Gasteiger partial charge in [0.25, 0.3) is 0 Å². The quantitative estimate of drug-likeness (QED) is 0.243. The van der Waals surface area contributed by atoms with Gasteiger partial charge in [-0.2, -0.15) is 0 Å². The molecule has 0 aliphatic carbocycles. The Morgan fingerprint density at radius 1 is 1.22 bits per heavy atom. The molecular formula is C20H31IN4O2. The van der Waals surface area contributed by atoms with Crippen molar-refractivity contribution in [2.45, 2.75) is 33.7 Å². The van der Waals surface area contributed by atoms with Crippen molar-refractivity contribution in [3.05, 3.63) is 41.8 Å². The van der Waals surface area contributed by atoms with Gasteiger partial charge in [-0.05, 0) is 31.4 Å². The number of ether oxygens (including phenoxy) is 1. The molecule has 0 bridgehead atoms. The van der Waals surface area contributed by atoms with Gasteiger partial charge < -0.3 is 19.8 Å². The number of aromatic nitrogens is 1. The average Bonchev–Trinajstić information content (AvgIpc) is 3.10. The van der Waals surface area contributed by atoms with Crippen molar-refractivity contribution in [3.8, 4) is 11.5 Å². The molecule has 0 radical (unpaired) electrons. The van der Waals surface area contributed by atoms with E-state index < -0.39 is 0 Å². The highest BCUT2D eigenvalue weighted by Gasteiger charge is 2.07. The van der Waals surface area contributed by atoms with Crippen molar-refractivity contribution in [2.75, 3.05) is 26.8 Å². The third kappa shape index (κ3) is 8.75. The number of hydrogen-bond donors (Lipinski definition) is 2. The van der Waals surface area contributed by atoms with Crippen molar-refractivity contribution in [1.29, 1.82) is 0 Å². The van der Waals surface area contributed by atoms with E-state index >= 15 is 0 Å². The predicted molar refractivity (Wildman–Crippen MR) is 121 cm³/mol. The van der Waals surface area contributed by atoms with Crippen LogP contribution < -0.4 is 10.6 Å². The number of nitrogens with one attached hydrogen (secondary N) is 2. The number of halogens is 1. The lowest BCUT2D eigenvalue weighted by molar-refractivity contribution is 0.108. The molecule has 2 N–H and O–H groups in total. The zero-order valence-corrected chi connectivity index (χ0v) is 18.9. The maximum absolute atomic E-state index is 5.57. The Hall–Kier alpha value is -1.61. The molecular weight excluding hydrogens is 455 g/mol. The summed E-state index contributed by atoms with van der Waals surface area (Å²) in [6.07, 6.45) is 2.62. The van der Waals surface area contributed by atoms with E-state index in [1.54, 1.807) is 13.3 Å². The number of aryl methyl sites for hydroxylation is 1. The molecule has 0 unspecified atom stereocenters. The van der Waals surface area contributed by atoms with E-state index in [9.17, 15) is 0 Å². The Labute approximate surface area is 179 Å². The summed E-state index contributed by atoms with van der Waals surface area (Å²) in [7, 11) is 1.76. The van der Waals surface area contributed by atoms with E-state index in [0.717, 1.165) is 43.4 Å². The van der Waals surface area contributed by atoms with Gasteiger partial charge in [0.05, 0.1) is 12.2 Å². The van der Waals surface area contributed by atoms with Crippen LogP contribution >= 0.6 is 24.0 Å². The van der Waals surface area contributed by atoms with Crippen LogP contribution in [0.5, 0.6) is 0 Å². The summed E-state index contributed by atoms with van der Waals surface area (Å²) in [5.74, 6) is 1.95. The first kappa shape index (κ1) is 23.4. The van der Waals surface area contributed by atoms with Crippen LogP contribution in [0.1, 0.15) is 31.5 Å². The van der Waals surface area contributed by atoms with Gasteiger partial charge in [-0.3, -0.25) is 4.99 Å². The third-order valence-electron chi connectivity index (χ3n) is 3.72. The van der Waals surface area contributed by atoms with Crippen molar-refractivity contribution < 1.29 is 9.15 Å². The normalized spacial score (nSPS) is 11.4. The Morgan fingerprint density at radius 2 is 1.96 bits per heavy atom. The van der Waals surface area contributed by atoms with Gasteiger partial charge in [0.15, 0.2) is 5.96 Å². The van der Waals surface area contributed by atoms with Crippen LogP contribution in [0.25, 0.3) is 11.5 Å². The van der Waals surface area contributed by atoms with Crippen LogP contribution in [0.3, 0.4) is 0 Å². The van der Waals surface area contributed by atoms with Crippen molar-refractivity contribution >= 4 is 29.9 Å². The molecule has 7 heteroatoms. The summed E-state index contributed by atoms with van der Waals surface area (Å²) in [6.45, 7) is 9.29. The number of hydrogen-bond acceptors (Lipinski definition) is 4. The topological polar surface area (TPSA) is 71.7 Å². The molecule has 0 saturated heterocycles. The van der Waals surface area contributed by atoms with E-state index in [2.05, 4.69) is 41.4 Å². The Kier molecular flexibility index (Phi) is 11.0. The molecule has 1 aromatic heterocycles. The number of benzene rings is 1. The molecule has 150 valence electrons. The number of nitrogens with zero attached hydrogens (tertiary/aromatic N) is 2. The number of aliphatic imine (C=N–C) groups is 1. The first-order valence-electron chi connectivity index (χ1n) is 9.12. The summed E-state index contributed by atoms with van der Waals surface area (Å²) < 4.78 is 11.1. The van der Waals surface area contributed by atoms with Gasteiger partial charge in [0, 0.05) is 32.4 Å². The van der Waals surface area contributed by atoms with Crippen LogP contribution in [0, 0.1) is 12.8 Å². The first-order chi connectivity index (χ1) is 12.6. The van der Waals surface area contributed by atoms with Gasteiger partial charge >= 0.3 is 0 Å². The molecule has 27 heavy (non-hydrogen) atoms. The lowest BCUT2D eigenvalue weighted by Gasteiger charge is -2.11. The van der Waals surface area contributed by atoms with Crippen LogP contribution in [0.2, 0.25) is 0 Å². The monoisotopic (exact) mass is 486 g/mol. The smallest absolute Gasteiger partial charge is 0.226 e. The van der Waals surface area contributed by atoms with Gasteiger partial charge in [-0.1, -0.05) is 31.5 Å². The standard InChI is InChI=1S/C20H30N4O2.HI/c1-15(2)13-25-11-5-10-22-20(21-4)23-12-18-14-26-19(24-18)17-8-6-16(3)7-9-17;/h6-9,14-15H,5,10-13H2,1-4H3,(H2,21,22,23);1H. The second-order valence-electron chi connectivity index (χ2n) is 6.68. The van der Waals surface area contributed by atoms with E-state index in [-0.39, 0.29) is 24.0 Å². The molecule has 2 aromatic rings. The first-order valence-corrected chi connectivity index (χ1v) is 9.12. The van der Waals surface area contributed by atoms with E-state index in [1.807, 2.05) is 24.3 Å². The zero-order valence-electron chi connectivity index (χ0n) is 16.6. The van der Waals surface area contributed by atoms with E-state index in [4.69, 9.17) is 9.15 Å². The summed E-state index contributed by atoms with van der Waals surface area (Å²) in [5, 5.41) is 6.52. The minimum absolute atomic E-state index is 0. The van der Waals surface area contributed by atoms with Crippen LogP contribution in [-0.2, 0) is 11.3 Å². The predicted octanol–water partition coefficient (Wildman–Crippen LogP) is 4.00. The Balaban J connectivity index is 0.00000364. The van der Waals surface area contributed by atoms with Gasteiger partial charge in [-0.25, -0.2) is 4.98 Å². The fourth-order valence-corrected chi connectivity index (χ4v) is 2.31. The van der Waals surface area contributed by atoms with Gasteiger partial charge in [-0.15, -0.1) is 24.0 Å². The molecule has 6 nitrogen and oxygen atoms in total. The molecule has 0 amide bonds. The van der Waals surface area contributed by atoms with Gasteiger partial charge in [0.1, 0.15) is 6.26 Å². The maximum atomic E-state index is 5.57. The summed E-state index contributed by atoms with van der Waals surface area (Å²) in [6, 6.07) is 8.13. The van der Waals surface area contributed by atoms with E-state index in [0.29, 0.717) is 18.4 Å². The van der Waals surface area contributed by atoms with Crippen LogP contribution in [0.15, 0.2) is 39.9 Å². The van der Waals surface area contributed by atoms with Gasteiger partial charge in [0.2, 0.25) is 5.89 Å². The Bertz CT molecular complexity index is 684. The number of guanidine groups is 1. The molecule has 0 aliphatic heterocycles. The molecule has 0 atom stereocenters. The molecule has 0 saturated carbocycles. The SMILES string of the molecule is CN=C(NCCCOCC(C)C)NCc1coc(-c2ccc(C)cc2)n1.I. The fraction of sp³-hybridized carbons (Fsp3) is 0.500. The number of oxazole rings is 1. The maximum Gasteiger partial charge on any atom is 0.226 e. The summed E-state index contributed by atoms with van der Waals surface area (Å²) in [5.41, 5.74) is 3.03. The highest BCUT2D eigenvalue weighted by molar-refractivity contribution is 14.0. The zero-order chi connectivity index (χ0) is 18.8. The second kappa shape index (κ2) is 12.7. The number of rotatable bonds is 9. The summed E-state index contributed by atoms with van der Waals surface area (Å²) in [4.78, 5) is 8.74. The lowest BCUT2D eigenvalue weighted by Crippen LogP contribution is -2.37. The Morgan fingerprint density at radius 3 is 2.63 bits per heavy atom. The van der Waals surface area contributed by atoms with Crippen LogP contribution in [0.4, 0.5) is 0 Å². The molecule has 2 rings (SSSR count). The average molecular weight is 486 g/mol. The third-order valence-corrected chi connectivity index (χ3v) is 3.72. The molecule has 1 heterocycles. The van der Waals surface area contributed by atoms with Crippen molar-refractivity contribution in [2.24, 2.45) is 10.9 Å². The summed E-state index contributed by atoms with van der Waals surface area (Å²) >= 11 is 0. The fourth-order valence-electron chi connectivity index (χ4n) is 2.31. The lowest BCUT2D eigenvalue weighted by atomic mass is 10.1. The van der Waals surface area contributed by atoms with Crippen molar-refractivity contribution in [3.63, 3.8) is 0 Å². The molecule has 0 fully saturated rings. The van der Waals surface area contributed by atoms with E-state index in [1.165, 1.54) is 5.56 Å². The van der Waals surface area contributed by atoms with Crippen LogP contribution in [-0.4, -0.2) is 37.7 Å².